The van der Waals surface area contributed by atoms with E-state index in [9.17, 15) is 4.79 Å². The SMILES string of the molecule is Cl.NC(C=O)c1csc2ccccc12. The summed E-state index contributed by atoms with van der Waals surface area (Å²) in [6.07, 6.45) is 0.772. The lowest BCUT2D eigenvalue weighted by Gasteiger charge is -2.00. The largest absolute Gasteiger partial charge is 0.318 e. The van der Waals surface area contributed by atoms with E-state index in [2.05, 4.69) is 0 Å². The van der Waals surface area contributed by atoms with Gasteiger partial charge < -0.3 is 10.5 Å². The Hall–Kier alpha value is -0.900. The molecular weight excluding hydrogens is 218 g/mol. The second kappa shape index (κ2) is 4.55. The van der Waals surface area contributed by atoms with Crippen molar-refractivity contribution in [2.75, 3.05) is 0 Å². The molecule has 4 heteroatoms. The predicted octanol–water partition coefficient (Wildman–Crippen LogP) is 2.52. The minimum Gasteiger partial charge on any atom is -0.318 e. The van der Waals surface area contributed by atoms with Crippen LogP contribution in [0.1, 0.15) is 11.6 Å². The Morgan fingerprint density at radius 1 is 1.36 bits per heavy atom. The van der Waals surface area contributed by atoms with Crippen LogP contribution >= 0.6 is 23.7 Å². The molecule has 1 aromatic carbocycles. The number of fused-ring (bicyclic) bond motifs is 1. The Kier molecular flexibility index (Phi) is 3.63. The van der Waals surface area contributed by atoms with Gasteiger partial charge in [0.2, 0.25) is 0 Å². The van der Waals surface area contributed by atoms with Crippen molar-refractivity contribution in [1.82, 2.24) is 0 Å². The number of aldehydes is 1. The highest BCUT2D eigenvalue weighted by Gasteiger charge is 2.09. The van der Waals surface area contributed by atoms with Crippen molar-refractivity contribution in [2.24, 2.45) is 5.73 Å². The zero-order valence-electron chi connectivity index (χ0n) is 7.34. The molecule has 14 heavy (non-hydrogen) atoms. The molecule has 0 aliphatic carbocycles. The second-order valence-electron chi connectivity index (χ2n) is 2.85. The van der Waals surface area contributed by atoms with Crippen LogP contribution in [0.3, 0.4) is 0 Å². The summed E-state index contributed by atoms with van der Waals surface area (Å²) in [5, 5.41) is 3.04. The number of benzene rings is 1. The summed E-state index contributed by atoms with van der Waals surface area (Å²) in [6.45, 7) is 0. The third-order valence-electron chi connectivity index (χ3n) is 2.02. The van der Waals surface area contributed by atoms with E-state index in [1.807, 2.05) is 29.6 Å². The summed E-state index contributed by atoms with van der Waals surface area (Å²) < 4.78 is 1.18. The highest BCUT2D eigenvalue weighted by Crippen LogP contribution is 2.28. The number of hydrogen-bond donors (Lipinski definition) is 1. The molecule has 1 atom stereocenters. The van der Waals surface area contributed by atoms with E-state index in [-0.39, 0.29) is 12.4 Å². The number of halogens is 1. The maximum absolute atomic E-state index is 10.5. The first kappa shape index (κ1) is 11.2. The second-order valence-corrected chi connectivity index (χ2v) is 3.76. The maximum Gasteiger partial charge on any atom is 0.141 e. The molecule has 2 N–H and O–H groups in total. The topological polar surface area (TPSA) is 43.1 Å². The Morgan fingerprint density at radius 2 is 2.07 bits per heavy atom. The molecule has 2 rings (SSSR count). The van der Waals surface area contributed by atoms with Crippen molar-refractivity contribution in [3.8, 4) is 0 Å². The zero-order valence-corrected chi connectivity index (χ0v) is 8.98. The molecule has 2 nitrogen and oxygen atoms in total. The van der Waals surface area contributed by atoms with Gasteiger partial charge in [0.1, 0.15) is 6.29 Å². The van der Waals surface area contributed by atoms with Crippen molar-refractivity contribution >= 4 is 40.1 Å². The molecule has 1 aromatic heterocycles. The van der Waals surface area contributed by atoms with Crippen LogP contribution in [0.25, 0.3) is 10.1 Å². The van der Waals surface area contributed by atoms with Crippen molar-refractivity contribution < 1.29 is 4.79 Å². The Bertz CT molecular complexity index is 440. The Morgan fingerprint density at radius 3 is 2.79 bits per heavy atom. The van der Waals surface area contributed by atoms with Gasteiger partial charge in [0.15, 0.2) is 0 Å². The summed E-state index contributed by atoms with van der Waals surface area (Å²) in [5.41, 5.74) is 6.57. The van der Waals surface area contributed by atoms with Crippen molar-refractivity contribution in [2.45, 2.75) is 6.04 Å². The van der Waals surface area contributed by atoms with E-state index in [1.54, 1.807) is 11.3 Å². The van der Waals surface area contributed by atoms with Gasteiger partial charge in [0.25, 0.3) is 0 Å². The molecule has 0 saturated carbocycles. The number of hydrogen-bond acceptors (Lipinski definition) is 3. The first-order chi connectivity index (χ1) is 6.33. The lowest BCUT2D eigenvalue weighted by molar-refractivity contribution is -0.108. The van der Waals surface area contributed by atoms with Crippen LogP contribution < -0.4 is 5.73 Å². The molecule has 74 valence electrons. The number of rotatable bonds is 2. The van der Waals surface area contributed by atoms with Gasteiger partial charge >= 0.3 is 0 Å². The van der Waals surface area contributed by atoms with Gasteiger partial charge in [-0.1, -0.05) is 18.2 Å². The molecule has 2 aromatic rings. The minimum absolute atomic E-state index is 0. The van der Waals surface area contributed by atoms with Crippen LogP contribution in [-0.2, 0) is 4.79 Å². The summed E-state index contributed by atoms with van der Waals surface area (Å²) in [4.78, 5) is 10.5. The van der Waals surface area contributed by atoms with Crippen LogP contribution in [-0.4, -0.2) is 6.29 Å². The van der Waals surface area contributed by atoms with Crippen LogP contribution in [0.5, 0.6) is 0 Å². The molecule has 0 aliphatic heterocycles. The number of carbonyl (C=O) groups is 1. The molecule has 0 aliphatic rings. The molecule has 0 amide bonds. The van der Waals surface area contributed by atoms with Crippen molar-refractivity contribution in [1.29, 1.82) is 0 Å². The van der Waals surface area contributed by atoms with Gasteiger partial charge in [0.05, 0.1) is 6.04 Å². The average Bonchev–Trinajstić information content (AvgIpc) is 2.60. The third kappa shape index (κ3) is 1.80. The van der Waals surface area contributed by atoms with Gasteiger partial charge in [-0.2, -0.15) is 0 Å². The summed E-state index contributed by atoms with van der Waals surface area (Å²) in [5.74, 6) is 0. The van der Waals surface area contributed by atoms with E-state index in [0.29, 0.717) is 0 Å². The fraction of sp³-hybridized carbons (Fsp3) is 0.100. The highest BCUT2D eigenvalue weighted by atomic mass is 35.5. The van der Waals surface area contributed by atoms with Crippen LogP contribution in [0.15, 0.2) is 29.6 Å². The summed E-state index contributed by atoms with van der Waals surface area (Å²) in [6, 6.07) is 7.47. The molecule has 1 heterocycles. The first-order valence-electron chi connectivity index (χ1n) is 4.00. The maximum atomic E-state index is 10.5. The molecule has 0 spiro atoms. The minimum atomic E-state index is -0.490. The molecule has 0 fully saturated rings. The Balaban J connectivity index is 0.000000980. The molecule has 0 radical (unpaired) electrons. The molecule has 0 bridgehead atoms. The highest BCUT2D eigenvalue weighted by molar-refractivity contribution is 7.17. The van der Waals surface area contributed by atoms with Gasteiger partial charge in [-0.25, -0.2) is 0 Å². The third-order valence-corrected chi connectivity index (χ3v) is 3.00. The fourth-order valence-electron chi connectivity index (χ4n) is 1.33. The fourth-order valence-corrected chi connectivity index (χ4v) is 2.34. The van der Waals surface area contributed by atoms with E-state index in [0.717, 1.165) is 17.2 Å². The number of thiophene rings is 1. The average molecular weight is 228 g/mol. The van der Waals surface area contributed by atoms with Crippen LogP contribution in [0, 0.1) is 0 Å². The summed E-state index contributed by atoms with van der Waals surface area (Å²) in [7, 11) is 0. The zero-order chi connectivity index (χ0) is 9.26. The van der Waals surface area contributed by atoms with Gasteiger partial charge in [-0.3, -0.25) is 0 Å². The van der Waals surface area contributed by atoms with E-state index >= 15 is 0 Å². The number of carbonyl (C=O) groups excluding carboxylic acids is 1. The van der Waals surface area contributed by atoms with Gasteiger partial charge in [-0.15, -0.1) is 23.7 Å². The van der Waals surface area contributed by atoms with Crippen molar-refractivity contribution in [3.05, 3.63) is 35.2 Å². The summed E-state index contributed by atoms with van der Waals surface area (Å²) >= 11 is 1.62. The lowest BCUT2D eigenvalue weighted by atomic mass is 10.1. The molecule has 1 unspecified atom stereocenters. The van der Waals surface area contributed by atoms with Crippen molar-refractivity contribution in [3.63, 3.8) is 0 Å². The Labute approximate surface area is 92.1 Å². The van der Waals surface area contributed by atoms with Gasteiger partial charge in [0, 0.05) is 4.70 Å². The normalized spacial score (nSPS) is 12.1. The molecule has 0 saturated heterocycles. The smallest absolute Gasteiger partial charge is 0.141 e. The van der Waals surface area contributed by atoms with Crippen LogP contribution in [0.2, 0.25) is 0 Å². The van der Waals surface area contributed by atoms with Gasteiger partial charge in [-0.05, 0) is 22.4 Å². The van der Waals surface area contributed by atoms with E-state index in [4.69, 9.17) is 5.73 Å². The first-order valence-corrected chi connectivity index (χ1v) is 4.88. The van der Waals surface area contributed by atoms with E-state index in [1.165, 1.54) is 4.70 Å². The number of nitrogens with two attached hydrogens (primary N) is 1. The van der Waals surface area contributed by atoms with E-state index < -0.39 is 6.04 Å². The lowest BCUT2D eigenvalue weighted by Crippen LogP contribution is -2.10. The monoisotopic (exact) mass is 227 g/mol. The standard InChI is InChI=1S/C10H9NOS.ClH/c11-9(5-12)8-6-13-10-4-2-1-3-7(8)10;/h1-6,9H,11H2;1H. The molecular formula is C10H10ClNOS. The van der Waals surface area contributed by atoms with Crippen LogP contribution in [0.4, 0.5) is 0 Å². The predicted molar refractivity (Wildman–Crippen MR) is 62.1 cm³/mol. The quantitative estimate of drug-likeness (QED) is 0.802.